The molecule has 0 aliphatic carbocycles. The number of nitrogens with one attached hydrogen (secondary N) is 1. The molecule has 1 aliphatic heterocycles. The molecule has 2 atom stereocenters. The lowest BCUT2D eigenvalue weighted by Gasteiger charge is -2.10. The van der Waals surface area contributed by atoms with Gasteiger partial charge in [0.1, 0.15) is 23.0 Å². The van der Waals surface area contributed by atoms with Gasteiger partial charge in [0.2, 0.25) is 0 Å². The molecule has 2 rings (SSSR count). The van der Waals surface area contributed by atoms with E-state index in [1.807, 2.05) is 0 Å². The number of halogens is 2. The fourth-order valence-electron chi connectivity index (χ4n) is 1.91. The highest BCUT2D eigenvalue weighted by atomic mass is 35.5. The van der Waals surface area contributed by atoms with E-state index in [9.17, 15) is 4.79 Å². The highest BCUT2D eigenvalue weighted by Gasteiger charge is 2.30. The van der Waals surface area contributed by atoms with Gasteiger partial charge >= 0.3 is 5.97 Å². The third-order valence-corrected chi connectivity index (χ3v) is 3.30. The molecule has 7 heteroatoms. The Morgan fingerprint density at radius 3 is 2.74 bits per heavy atom. The number of rotatable bonds is 4. The molecule has 2 heterocycles. The number of esters is 1. The number of hydrogen-bond acceptors (Lipinski definition) is 5. The van der Waals surface area contributed by atoms with Crippen LogP contribution < -0.4 is 5.32 Å². The summed E-state index contributed by atoms with van der Waals surface area (Å²) in [5, 5.41) is 3.60. The van der Waals surface area contributed by atoms with E-state index >= 15 is 0 Å². The number of aromatic nitrogens is 1. The van der Waals surface area contributed by atoms with Crippen molar-refractivity contribution >= 4 is 29.2 Å². The number of nitrogens with zero attached hydrogens (tertiary/aromatic N) is 1. The highest BCUT2D eigenvalue weighted by molar-refractivity contribution is 6.32. The predicted octanol–water partition coefficient (Wildman–Crippen LogP) is 1.81. The van der Waals surface area contributed by atoms with E-state index in [1.165, 1.54) is 0 Å². The molecule has 5 nitrogen and oxygen atoms in total. The third kappa shape index (κ3) is 4.04. The van der Waals surface area contributed by atoms with Crippen molar-refractivity contribution < 1.29 is 14.3 Å². The topological polar surface area (TPSA) is 60.5 Å². The van der Waals surface area contributed by atoms with Crippen molar-refractivity contribution in [3.63, 3.8) is 0 Å². The van der Waals surface area contributed by atoms with E-state index in [2.05, 4.69) is 10.3 Å². The predicted molar refractivity (Wildman–Crippen MR) is 71.3 cm³/mol. The molecule has 1 N–H and O–H groups in total. The summed E-state index contributed by atoms with van der Waals surface area (Å²) in [6.45, 7) is 0.778. The Morgan fingerprint density at radius 1 is 1.47 bits per heavy atom. The first-order chi connectivity index (χ1) is 9.08. The highest BCUT2D eigenvalue weighted by Crippen LogP contribution is 2.16. The zero-order valence-electron chi connectivity index (χ0n) is 10.4. The number of methoxy groups -OCH3 is 1. The van der Waals surface area contributed by atoms with Crippen LogP contribution in [0.1, 0.15) is 12.0 Å². The maximum Gasteiger partial charge on any atom is 0.323 e. The average molecular weight is 305 g/mol. The molecule has 0 spiro atoms. The molecule has 1 fully saturated rings. The monoisotopic (exact) mass is 304 g/mol. The van der Waals surface area contributed by atoms with E-state index in [0.29, 0.717) is 18.5 Å². The zero-order valence-corrected chi connectivity index (χ0v) is 11.9. The standard InChI is InChI=1S/C12H14Cl2N2O3/c1-18-8-4-9(15-5-8)12(17)19-6-7-2-10(13)16-11(14)3-7/h2-3,8-9,15H,4-6H2,1H3/t8-,9-/m0/s1. The van der Waals surface area contributed by atoms with Gasteiger partial charge in [0.25, 0.3) is 0 Å². The molecule has 1 aliphatic rings. The van der Waals surface area contributed by atoms with Gasteiger partial charge < -0.3 is 14.8 Å². The molecule has 0 unspecified atom stereocenters. The summed E-state index contributed by atoms with van der Waals surface area (Å²) >= 11 is 11.5. The lowest BCUT2D eigenvalue weighted by Crippen LogP contribution is -2.32. The molecular formula is C12H14Cl2N2O3. The quantitative estimate of drug-likeness (QED) is 0.679. The second-order valence-corrected chi connectivity index (χ2v) is 5.06. The van der Waals surface area contributed by atoms with Gasteiger partial charge in [0.05, 0.1) is 6.10 Å². The fourth-order valence-corrected chi connectivity index (χ4v) is 2.42. The van der Waals surface area contributed by atoms with Crippen molar-refractivity contribution in [2.75, 3.05) is 13.7 Å². The van der Waals surface area contributed by atoms with Gasteiger partial charge in [-0.2, -0.15) is 0 Å². The van der Waals surface area contributed by atoms with Crippen LogP contribution in [0.25, 0.3) is 0 Å². The van der Waals surface area contributed by atoms with Gasteiger partial charge in [0, 0.05) is 20.1 Å². The second-order valence-electron chi connectivity index (χ2n) is 4.28. The minimum atomic E-state index is -0.322. The maximum absolute atomic E-state index is 11.8. The smallest absolute Gasteiger partial charge is 0.323 e. The van der Waals surface area contributed by atoms with E-state index in [1.54, 1.807) is 19.2 Å². The van der Waals surface area contributed by atoms with Gasteiger partial charge in [-0.25, -0.2) is 4.98 Å². The lowest BCUT2D eigenvalue weighted by molar-refractivity contribution is -0.147. The van der Waals surface area contributed by atoms with Crippen molar-refractivity contribution in [3.05, 3.63) is 28.0 Å². The fraction of sp³-hybridized carbons (Fsp3) is 0.500. The Bertz CT molecular complexity index is 450. The van der Waals surface area contributed by atoms with E-state index in [4.69, 9.17) is 32.7 Å². The Kier molecular flexibility index (Phi) is 4.99. The van der Waals surface area contributed by atoms with Crippen LogP contribution in [0.3, 0.4) is 0 Å². The number of carbonyl (C=O) groups excluding carboxylic acids is 1. The van der Waals surface area contributed by atoms with E-state index in [0.717, 1.165) is 0 Å². The summed E-state index contributed by atoms with van der Waals surface area (Å²) in [5.74, 6) is -0.302. The largest absolute Gasteiger partial charge is 0.460 e. The van der Waals surface area contributed by atoms with Gasteiger partial charge in [-0.1, -0.05) is 23.2 Å². The molecule has 0 amide bonds. The Labute approximate surface area is 121 Å². The van der Waals surface area contributed by atoms with Crippen LogP contribution in [0.5, 0.6) is 0 Å². The molecule has 0 radical (unpaired) electrons. The summed E-state index contributed by atoms with van der Waals surface area (Å²) < 4.78 is 10.4. The number of carbonyl (C=O) groups is 1. The Morgan fingerprint density at radius 2 is 2.16 bits per heavy atom. The minimum Gasteiger partial charge on any atom is -0.460 e. The minimum absolute atomic E-state index is 0.0577. The van der Waals surface area contributed by atoms with Crippen LogP contribution in [-0.4, -0.2) is 36.8 Å². The summed E-state index contributed by atoms with van der Waals surface area (Å²) in [4.78, 5) is 15.6. The molecule has 0 aromatic carbocycles. The molecule has 0 bridgehead atoms. The Hall–Kier alpha value is -0.880. The van der Waals surface area contributed by atoms with Crippen molar-refractivity contribution in [1.82, 2.24) is 10.3 Å². The molecule has 1 saturated heterocycles. The normalized spacial score (nSPS) is 22.5. The van der Waals surface area contributed by atoms with Crippen LogP contribution >= 0.6 is 23.2 Å². The molecule has 0 saturated carbocycles. The zero-order chi connectivity index (χ0) is 13.8. The third-order valence-electron chi connectivity index (χ3n) is 2.91. The van der Waals surface area contributed by atoms with Gasteiger partial charge in [0.15, 0.2) is 0 Å². The molecule has 1 aromatic rings. The van der Waals surface area contributed by atoms with E-state index < -0.39 is 0 Å². The first-order valence-electron chi connectivity index (χ1n) is 5.83. The summed E-state index contributed by atoms with van der Waals surface area (Å²) in [7, 11) is 1.63. The van der Waals surface area contributed by atoms with Crippen molar-refractivity contribution in [2.24, 2.45) is 0 Å². The molecular weight excluding hydrogens is 291 g/mol. The van der Waals surface area contributed by atoms with Crippen molar-refractivity contribution in [2.45, 2.75) is 25.2 Å². The van der Waals surface area contributed by atoms with Crippen LogP contribution in [-0.2, 0) is 20.9 Å². The molecule has 19 heavy (non-hydrogen) atoms. The maximum atomic E-state index is 11.8. The van der Waals surface area contributed by atoms with Gasteiger partial charge in [-0.05, 0) is 17.7 Å². The van der Waals surface area contributed by atoms with Crippen LogP contribution in [0.15, 0.2) is 12.1 Å². The summed E-state index contributed by atoms with van der Waals surface area (Å²) in [6.07, 6.45) is 0.676. The number of ether oxygens (including phenoxy) is 2. The average Bonchev–Trinajstić information content (AvgIpc) is 2.83. The first-order valence-corrected chi connectivity index (χ1v) is 6.59. The Balaban J connectivity index is 1.86. The summed E-state index contributed by atoms with van der Waals surface area (Å²) in [6, 6.07) is 2.90. The number of pyridine rings is 1. The number of hydrogen-bond donors (Lipinski definition) is 1. The van der Waals surface area contributed by atoms with Crippen LogP contribution in [0.4, 0.5) is 0 Å². The SMILES string of the molecule is CO[C@@H]1CN[C@H](C(=O)OCc2cc(Cl)nc(Cl)c2)C1. The van der Waals surface area contributed by atoms with Gasteiger partial charge in [-0.15, -0.1) is 0 Å². The molecule has 1 aromatic heterocycles. The van der Waals surface area contributed by atoms with Crippen LogP contribution in [0, 0.1) is 0 Å². The first kappa shape index (κ1) is 14.5. The van der Waals surface area contributed by atoms with Crippen molar-refractivity contribution in [3.8, 4) is 0 Å². The summed E-state index contributed by atoms with van der Waals surface area (Å²) in [5.41, 5.74) is 0.708. The van der Waals surface area contributed by atoms with E-state index in [-0.39, 0.29) is 35.0 Å². The van der Waals surface area contributed by atoms with Gasteiger partial charge in [-0.3, -0.25) is 4.79 Å². The molecule has 104 valence electrons. The van der Waals surface area contributed by atoms with Crippen LogP contribution in [0.2, 0.25) is 10.3 Å². The van der Waals surface area contributed by atoms with Crippen molar-refractivity contribution in [1.29, 1.82) is 0 Å². The second kappa shape index (κ2) is 6.52. The lowest BCUT2D eigenvalue weighted by atomic mass is 10.2.